The number of hydrogen-bond donors (Lipinski definition) is 1. The average Bonchev–Trinajstić information content (AvgIpc) is 2.69. The maximum Gasteiger partial charge on any atom is 0.237 e. The fourth-order valence-corrected chi connectivity index (χ4v) is 3.74. The van der Waals surface area contributed by atoms with Crippen LogP contribution in [0.5, 0.6) is 5.75 Å². The average molecular weight is 375 g/mol. The smallest absolute Gasteiger partial charge is 0.237 e. The lowest BCUT2D eigenvalue weighted by Gasteiger charge is -2.36. The second-order valence-corrected chi connectivity index (χ2v) is 7.15. The predicted octanol–water partition coefficient (Wildman–Crippen LogP) is 0.861. The number of rotatable bonds is 5. The number of nitrogens with zero attached hydrogens (tertiary/aromatic N) is 2. The minimum absolute atomic E-state index is 0.0213. The molecule has 7 nitrogen and oxygen atoms in total. The Labute approximate surface area is 160 Å². The minimum Gasteiger partial charge on any atom is -0.496 e. The van der Waals surface area contributed by atoms with Crippen molar-refractivity contribution in [3.05, 3.63) is 28.8 Å². The van der Waals surface area contributed by atoms with Crippen LogP contribution in [0, 0.1) is 13.8 Å². The number of methoxy groups -OCH3 is 1. The van der Waals surface area contributed by atoms with Gasteiger partial charge in [0.25, 0.3) is 0 Å². The van der Waals surface area contributed by atoms with E-state index in [1.54, 1.807) is 12.0 Å². The molecule has 0 aliphatic carbocycles. The van der Waals surface area contributed by atoms with Crippen LogP contribution >= 0.6 is 0 Å². The second-order valence-electron chi connectivity index (χ2n) is 7.15. The number of ether oxygens (including phenoxy) is 2. The first-order chi connectivity index (χ1) is 13.0. The molecule has 0 bridgehead atoms. The molecule has 7 heteroatoms. The van der Waals surface area contributed by atoms with Crippen LogP contribution in [0.4, 0.5) is 0 Å². The summed E-state index contributed by atoms with van der Waals surface area (Å²) in [6, 6.07) is 3.58. The van der Waals surface area contributed by atoms with E-state index in [4.69, 9.17) is 9.47 Å². The molecule has 1 N–H and O–H groups in total. The summed E-state index contributed by atoms with van der Waals surface area (Å²) in [6.07, 6.45) is 0.208. The molecule has 2 aliphatic rings. The molecular weight excluding hydrogens is 346 g/mol. The van der Waals surface area contributed by atoms with Crippen molar-refractivity contribution in [1.82, 2.24) is 15.1 Å². The molecule has 2 amide bonds. The van der Waals surface area contributed by atoms with Gasteiger partial charge >= 0.3 is 0 Å². The van der Waals surface area contributed by atoms with Crippen molar-refractivity contribution in [2.45, 2.75) is 32.9 Å². The van der Waals surface area contributed by atoms with Crippen LogP contribution in [0.2, 0.25) is 0 Å². The third kappa shape index (κ3) is 4.42. The third-order valence-electron chi connectivity index (χ3n) is 5.62. The van der Waals surface area contributed by atoms with Crippen LogP contribution in [0.15, 0.2) is 12.1 Å². The van der Waals surface area contributed by atoms with Crippen molar-refractivity contribution in [2.75, 3.05) is 46.5 Å². The van der Waals surface area contributed by atoms with Crippen molar-refractivity contribution in [1.29, 1.82) is 0 Å². The molecule has 2 fully saturated rings. The van der Waals surface area contributed by atoms with Crippen LogP contribution < -0.4 is 10.1 Å². The van der Waals surface area contributed by atoms with Gasteiger partial charge in [0, 0.05) is 32.7 Å². The fraction of sp³-hybridized carbons (Fsp3) is 0.600. The maximum atomic E-state index is 12.7. The van der Waals surface area contributed by atoms with E-state index >= 15 is 0 Å². The summed E-state index contributed by atoms with van der Waals surface area (Å²) in [6.45, 7) is 8.43. The van der Waals surface area contributed by atoms with Crippen molar-refractivity contribution in [3.63, 3.8) is 0 Å². The maximum absolute atomic E-state index is 12.7. The van der Waals surface area contributed by atoms with Gasteiger partial charge in [0.05, 0.1) is 32.8 Å². The zero-order chi connectivity index (χ0) is 19.4. The van der Waals surface area contributed by atoms with E-state index in [0.717, 1.165) is 23.4 Å². The molecule has 0 spiro atoms. The number of hydrogen-bond acceptors (Lipinski definition) is 5. The Morgan fingerprint density at radius 2 is 1.96 bits per heavy atom. The van der Waals surface area contributed by atoms with Crippen LogP contribution in [0.3, 0.4) is 0 Å². The number of amides is 2. The summed E-state index contributed by atoms with van der Waals surface area (Å²) >= 11 is 0. The summed E-state index contributed by atoms with van der Waals surface area (Å²) in [5, 5.41) is 2.90. The van der Waals surface area contributed by atoms with Crippen molar-refractivity contribution in [3.8, 4) is 5.75 Å². The number of benzene rings is 1. The van der Waals surface area contributed by atoms with Crippen molar-refractivity contribution in [2.24, 2.45) is 0 Å². The first kappa shape index (κ1) is 19.6. The number of carbonyl (C=O) groups is 2. The standard InChI is InChI=1S/C20H29N3O4/c1-14-15(2)18(26-3)5-4-16(14)13-23-7-6-21-20(25)17(23)12-19(24)22-8-10-27-11-9-22/h4-5,17H,6-13H2,1-3H3,(H,21,25)/t17-/m0/s1. The van der Waals surface area contributed by atoms with Gasteiger partial charge < -0.3 is 19.7 Å². The lowest BCUT2D eigenvalue weighted by molar-refractivity contribution is -0.141. The molecule has 0 radical (unpaired) electrons. The first-order valence-corrected chi connectivity index (χ1v) is 9.51. The molecule has 0 saturated carbocycles. The van der Waals surface area contributed by atoms with Gasteiger partial charge in [-0.15, -0.1) is 0 Å². The Morgan fingerprint density at radius 3 is 2.67 bits per heavy atom. The monoisotopic (exact) mass is 375 g/mol. The highest BCUT2D eigenvalue weighted by Gasteiger charge is 2.33. The van der Waals surface area contributed by atoms with E-state index in [0.29, 0.717) is 39.4 Å². The van der Waals surface area contributed by atoms with Crippen molar-refractivity contribution >= 4 is 11.8 Å². The van der Waals surface area contributed by atoms with Gasteiger partial charge in [0.15, 0.2) is 0 Å². The van der Waals surface area contributed by atoms with Crippen LogP contribution in [0.1, 0.15) is 23.1 Å². The Bertz CT molecular complexity index is 701. The predicted molar refractivity (Wildman–Crippen MR) is 102 cm³/mol. The number of carbonyl (C=O) groups excluding carboxylic acids is 2. The Morgan fingerprint density at radius 1 is 1.22 bits per heavy atom. The Balaban J connectivity index is 1.73. The highest BCUT2D eigenvalue weighted by Crippen LogP contribution is 2.26. The number of nitrogens with one attached hydrogen (secondary N) is 1. The van der Waals surface area contributed by atoms with Crippen LogP contribution in [-0.2, 0) is 20.9 Å². The molecule has 2 aliphatic heterocycles. The molecule has 27 heavy (non-hydrogen) atoms. The van der Waals surface area contributed by atoms with E-state index in [9.17, 15) is 9.59 Å². The second kappa shape index (κ2) is 8.71. The van der Waals surface area contributed by atoms with Gasteiger partial charge in [0.1, 0.15) is 5.75 Å². The summed E-state index contributed by atoms with van der Waals surface area (Å²) < 4.78 is 10.7. The molecular formula is C20H29N3O4. The summed E-state index contributed by atoms with van der Waals surface area (Å²) in [4.78, 5) is 29.1. The van der Waals surface area contributed by atoms with E-state index in [1.165, 1.54) is 5.56 Å². The van der Waals surface area contributed by atoms with Gasteiger partial charge in [-0.2, -0.15) is 0 Å². The zero-order valence-electron chi connectivity index (χ0n) is 16.4. The SMILES string of the molecule is COc1ccc(CN2CCNC(=O)[C@@H]2CC(=O)N2CCOCC2)c(C)c1C. The summed E-state index contributed by atoms with van der Waals surface area (Å²) in [7, 11) is 1.67. The molecule has 0 unspecified atom stereocenters. The van der Waals surface area contributed by atoms with Gasteiger partial charge in [-0.05, 0) is 36.6 Å². The normalized spacial score (nSPS) is 21.1. The molecule has 1 atom stereocenters. The highest BCUT2D eigenvalue weighted by atomic mass is 16.5. The first-order valence-electron chi connectivity index (χ1n) is 9.51. The van der Waals surface area contributed by atoms with Crippen LogP contribution in [0.25, 0.3) is 0 Å². The quantitative estimate of drug-likeness (QED) is 0.827. The summed E-state index contributed by atoms with van der Waals surface area (Å²) in [5.41, 5.74) is 3.43. The van der Waals surface area contributed by atoms with Crippen molar-refractivity contribution < 1.29 is 19.1 Å². The van der Waals surface area contributed by atoms with E-state index in [1.807, 2.05) is 13.0 Å². The molecule has 3 rings (SSSR count). The molecule has 1 aromatic rings. The third-order valence-corrected chi connectivity index (χ3v) is 5.62. The zero-order valence-corrected chi connectivity index (χ0v) is 16.4. The van der Waals surface area contributed by atoms with Gasteiger partial charge in [-0.1, -0.05) is 6.07 Å². The van der Waals surface area contributed by atoms with Gasteiger partial charge in [-0.25, -0.2) is 0 Å². The number of morpholine rings is 1. The molecule has 2 heterocycles. The van der Waals surface area contributed by atoms with E-state index < -0.39 is 6.04 Å². The van der Waals surface area contributed by atoms with Crippen LogP contribution in [-0.4, -0.2) is 74.2 Å². The summed E-state index contributed by atoms with van der Waals surface area (Å²) in [5.74, 6) is 0.824. The highest BCUT2D eigenvalue weighted by molar-refractivity contribution is 5.88. The Kier molecular flexibility index (Phi) is 6.34. The number of piperazine rings is 1. The lowest BCUT2D eigenvalue weighted by Crippen LogP contribution is -2.56. The largest absolute Gasteiger partial charge is 0.496 e. The van der Waals surface area contributed by atoms with E-state index in [-0.39, 0.29) is 18.2 Å². The Hall–Kier alpha value is -2.12. The minimum atomic E-state index is -0.434. The van der Waals surface area contributed by atoms with Gasteiger partial charge in [-0.3, -0.25) is 14.5 Å². The molecule has 1 aromatic carbocycles. The van der Waals surface area contributed by atoms with E-state index in [2.05, 4.69) is 23.2 Å². The molecule has 2 saturated heterocycles. The molecule has 148 valence electrons. The fourth-order valence-electron chi connectivity index (χ4n) is 3.74. The lowest BCUT2D eigenvalue weighted by atomic mass is 10.00. The topological polar surface area (TPSA) is 71.1 Å². The van der Waals surface area contributed by atoms with Gasteiger partial charge in [0.2, 0.25) is 11.8 Å². The molecule has 0 aromatic heterocycles.